The number of nitrogens with zero attached hydrogens (tertiary/aromatic N) is 3. The molecule has 1 saturated heterocycles. The smallest absolute Gasteiger partial charge is 0.230 e. The van der Waals surface area contributed by atoms with E-state index in [2.05, 4.69) is 15.3 Å². The van der Waals surface area contributed by atoms with E-state index in [1.54, 1.807) is 48.7 Å². The van der Waals surface area contributed by atoms with Crippen LogP contribution in [-0.2, 0) is 9.59 Å². The number of amides is 2. The van der Waals surface area contributed by atoms with Crippen molar-refractivity contribution < 1.29 is 9.59 Å². The normalized spacial score (nSPS) is 20.6. The Labute approximate surface area is 138 Å². The minimum absolute atomic E-state index is 0.0729. The van der Waals surface area contributed by atoms with Gasteiger partial charge in [0.15, 0.2) is 5.15 Å². The van der Waals surface area contributed by atoms with Gasteiger partial charge in [0.25, 0.3) is 0 Å². The van der Waals surface area contributed by atoms with Gasteiger partial charge in [-0.25, -0.2) is 4.98 Å². The van der Waals surface area contributed by atoms with E-state index in [9.17, 15) is 9.59 Å². The van der Waals surface area contributed by atoms with E-state index in [1.165, 1.54) is 0 Å². The molecule has 2 unspecified atom stereocenters. The van der Waals surface area contributed by atoms with Crippen LogP contribution in [0.15, 0.2) is 42.9 Å². The van der Waals surface area contributed by atoms with Crippen LogP contribution < -0.4 is 5.32 Å². The maximum Gasteiger partial charge on any atom is 0.230 e. The second-order valence-electron chi connectivity index (χ2n) is 5.38. The number of carbonyl (C=O) groups excluding carboxylic acids is 2. The molecule has 7 heteroatoms. The predicted octanol–water partition coefficient (Wildman–Crippen LogP) is 2.29. The molecular formula is C16H15ClN4O2. The highest BCUT2D eigenvalue weighted by atomic mass is 35.5. The fraction of sp³-hybridized carbons (Fsp3) is 0.250. The van der Waals surface area contributed by atoms with Crippen LogP contribution in [0.5, 0.6) is 0 Å². The highest BCUT2D eigenvalue weighted by Gasteiger charge is 2.42. The Morgan fingerprint density at radius 2 is 2.13 bits per heavy atom. The molecule has 0 radical (unpaired) electrons. The minimum atomic E-state index is -0.507. The molecule has 3 heterocycles. The second-order valence-corrected chi connectivity index (χ2v) is 5.74. The van der Waals surface area contributed by atoms with Crippen LogP contribution in [0.4, 0.5) is 5.69 Å². The largest absolute Gasteiger partial charge is 0.338 e. The van der Waals surface area contributed by atoms with Gasteiger partial charge >= 0.3 is 0 Å². The molecule has 0 aromatic carbocycles. The topological polar surface area (TPSA) is 75.2 Å². The predicted molar refractivity (Wildman–Crippen MR) is 85.7 cm³/mol. The van der Waals surface area contributed by atoms with Gasteiger partial charge in [0.1, 0.15) is 0 Å². The van der Waals surface area contributed by atoms with Crippen LogP contribution >= 0.6 is 11.6 Å². The van der Waals surface area contributed by atoms with E-state index in [1.807, 2.05) is 6.07 Å². The van der Waals surface area contributed by atoms with Gasteiger partial charge in [-0.2, -0.15) is 0 Å². The Balaban J connectivity index is 1.86. The van der Waals surface area contributed by atoms with Gasteiger partial charge in [-0.1, -0.05) is 17.7 Å². The average molecular weight is 331 g/mol. The summed E-state index contributed by atoms with van der Waals surface area (Å²) >= 11 is 5.97. The molecule has 0 aliphatic carbocycles. The van der Waals surface area contributed by atoms with Gasteiger partial charge in [-0.15, -0.1) is 0 Å². The Hall–Kier alpha value is -2.47. The lowest BCUT2D eigenvalue weighted by molar-refractivity contribution is -0.127. The van der Waals surface area contributed by atoms with E-state index in [0.29, 0.717) is 5.69 Å². The summed E-state index contributed by atoms with van der Waals surface area (Å²) in [6.07, 6.45) is 5.03. The Kier molecular flexibility index (Phi) is 4.25. The summed E-state index contributed by atoms with van der Waals surface area (Å²) in [5.41, 5.74) is 1.27. The molecule has 6 nitrogen and oxygen atoms in total. The van der Waals surface area contributed by atoms with E-state index < -0.39 is 5.92 Å². The van der Waals surface area contributed by atoms with Crippen LogP contribution in [0, 0.1) is 5.92 Å². The summed E-state index contributed by atoms with van der Waals surface area (Å²) in [4.78, 5) is 34.3. The third-order valence-corrected chi connectivity index (χ3v) is 4.27. The van der Waals surface area contributed by atoms with E-state index in [0.717, 1.165) is 5.56 Å². The molecule has 3 rings (SSSR count). The molecule has 118 valence electrons. The lowest BCUT2D eigenvalue weighted by Gasteiger charge is -2.24. The first kappa shape index (κ1) is 15.4. The van der Waals surface area contributed by atoms with Gasteiger partial charge in [0.05, 0.1) is 17.6 Å². The summed E-state index contributed by atoms with van der Waals surface area (Å²) in [5, 5.41) is 2.98. The Morgan fingerprint density at radius 3 is 2.83 bits per heavy atom. The number of anilines is 1. The highest BCUT2D eigenvalue weighted by Crippen LogP contribution is 2.37. The first-order chi connectivity index (χ1) is 11.1. The summed E-state index contributed by atoms with van der Waals surface area (Å²) < 4.78 is 0. The van der Waals surface area contributed by atoms with Crippen LogP contribution in [-0.4, -0.2) is 33.7 Å². The molecule has 1 aliphatic heterocycles. The Bertz CT molecular complexity index is 738. The monoisotopic (exact) mass is 330 g/mol. The standard InChI is InChI=1S/C16H15ClN4O2/c1-21-13(22)8-11(14(21)10-4-2-6-18-9-10)16(23)20-12-5-3-7-19-15(12)17/h2-7,9,11,14H,8H2,1H3,(H,20,23). The minimum Gasteiger partial charge on any atom is -0.338 e. The van der Waals surface area contributed by atoms with Crippen LogP contribution in [0.25, 0.3) is 0 Å². The molecule has 0 saturated carbocycles. The number of aromatic nitrogens is 2. The molecular weight excluding hydrogens is 316 g/mol. The third-order valence-electron chi connectivity index (χ3n) is 3.97. The number of hydrogen-bond donors (Lipinski definition) is 1. The first-order valence-electron chi connectivity index (χ1n) is 7.15. The number of likely N-dealkylation sites (tertiary alicyclic amines) is 1. The quantitative estimate of drug-likeness (QED) is 0.876. The molecule has 2 aromatic rings. The number of pyridine rings is 2. The molecule has 2 atom stereocenters. The number of halogens is 1. The highest BCUT2D eigenvalue weighted by molar-refractivity contribution is 6.32. The number of rotatable bonds is 3. The van der Waals surface area contributed by atoms with E-state index >= 15 is 0 Å². The van der Waals surface area contributed by atoms with Crippen molar-refractivity contribution in [3.63, 3.8) is 0 Å². The zero-order valence-corrected chi connectivity index (χ0v) is 13.2. The van der Waals surface area contributed by atoms with Crippen molar-refractivity contribution in [2.75, 3.05) is 12.4 Å². The van der Waals surface area contributed by atoms with Crippen LogP contribution in [0.2, 0.25) is 5.15 Å². The first-order valence-corrected chi connectivity index (χ1v) is 7.52. The maximum absolute atomic E-state index is 12.6. The molecule has 2 amide bonds. The lowest BCUT2D eigenvalue weighted by atomic mass is 9.94. The van der Waals surface area contributed by atoms with Crippen LogP contribution in [0.1, 0.15) is 18.0 Å². The number of hydrogen-bond acceptors (Lipinski definition) is 4. The fourth-order valence-corrected chi connectivity index (χ4v) is 2.98. The van der Waals surface area contributed by atoms with Crippen molar-refractivity contribution in [2.24, 2.45) is 5.92 Å². The Morgan fingerprint density at radius 1 is 1.35 bits per heavy atom. The molecule has 2 aromatic heterocycles. The lowest BCUT2D eigenvalue weighted by Crippen LogP contribution is -2.30. The summed E-state index contributed by atoms with van der Waals surface area (Å²) in [5.74, 6) is -0.837. The molecule has 23 heavy (non-hydrogen) atoms. The molecule has 1 fully saturated rings. The molecule has 1 aliphatic rings. The van der Waals surface area contributed by atoms with E-state index in [-0.39, 0.29) is 29.4 Å². The molecule has 1 N–H and O–H groups in total. The summed E-state index contributed by atoms with van der Waals surface area (Å²) in [6.45, 7) is 0. The maximum atomic E-state index is 12.6. The van der Waals surface area contributed by atoms with Crippen molar-refractivity contribution >= 4 is 29.1 Å². The summed E-state index contributed by atoms with van der Waals surface area (Å²) in [6, 6.07) is 6.67. The zero-order chi connectivity index (χ0) is 16.4. The van der Waals surface area contributed by atoms with Gasteiger partial charge in [-0.05, 0) is 23.8 Å². The summed E-state index contributed by atoms with van der Waals surface area (Å²) in [7, 11) is 1.70. The SMILES string of the molecule is CN1C(=O)CC(C(=O)Nc2cccnc2Cl)C1c1cccnc1. The van der Waals surface area contributed by atoms with Gasteiger partial charge in [0.2, 0.25) is 11.8 Å². The van der Waals surface area contributed by atoms with Crippen molar-refractivity contribution in [2.45, 2.75) is 12.5 Å². The molecule has 0 bridgehead atoms. The number of carbonyl (C=O) groups is 2. The van der Waals surface area contributed by atoms with Crippen molar-refractivity contribution in [3.8, 4) is 0 Å². The second kappa shape index (κ2) is 6.34. The number of nitrogens with one attached hydrogen (secondary N) is 1. The third kappa shape index (κ3) is 3.03. The molecule has 0 spiro atoms. The van der Waals surface area contributed by atoms with Crippen LogP contribution in [0.3, 0.4) is 0 Å². The average Bonchev–Trinajstić information content (AvgIpc) is 2.86. The van der Waals surface area contributed by atoms with E-state index in [4.69, 9.17) is 11.6 Å². The van der Waals surface area contributed by atoms with Crippen molar-refractivity contribution in [1.82, 2.24) is 14.9 Å². The van der Waals surface area contributed by atoms with Crippen molar-refractivity contribution in [3.05, 3.63) is 53.6 Å². The van der Waals surface area contributed by atoms with Gasteiger partial charge in [-0.3, -0.25) is 14.6 Å². The van der Waals surface area contributed by atoms with Crippen molar-refractivity contribution in [1.29, 1.82) is 0 Å². The fourth-order valence-electron chi connectivity index (χ4n) is 2.82. The van der Waals surface area contributed by atoms with Gasteiger partial charge in [0, 0.05) is 32.1 Å². The zero-order valence-electron chi connectivity index (χ0n) is 12.4. The van der Waals surface area contributed by atoms with Gasteiger partial charge < -0.3 is 10.2 Å².